The van der Waals surface area contributed by atoms with Crippen molar-refractivity contribution in [2.75, 3.05) is 0 Å². The van der Waals surface area contributed by atoms with Crippen molar-refractivity contribution in [2.45, 2.75) is 38.6 Å². The number of nitrogens with zero attached hydrogens (tertiary/aromatic N) is 2. The van der Waals surface area contributed by atoms with Crippen molar-refractivity contribution >= 4 is 17.7 Å². The van der Waals surface area contributed by atoms with Crippen LogP contribution in [0.15, 0.2) is 47.7 Å². The largest absolute Gasteiger partial charge is 0.351 e. The fraction of sp³-hybridized carbons (Fsp3) is 0.333. The second-order valence-electron chi connectivity index (χ2n) is 5.69. The van der Waals surface area contributed by atoms with Gasteiger partial charge >= 0.3 is 0 Å². The molecular weight excluding hydrogens is 260 g/mol. The van der Waals surface area contributed by atoms with Crippen molar-refractivity contribution in [1.82, 2.24) is 4.57 Å². The molecule has 0 aliphatic heterocycles. The van der Waals surface area contributed by atoms with E-state index in [0.717, 1.165) is 16.8 Å². The Labute approximate surface area is 125 Å². The van der Waals surface area contributed by atoms with Crippen LogP contribution in [0.1, 0.15) is 54.6 Å². The Morgan fingerprint density at radius 1 is 1.19 bits per heavy atom. The van der Waals surface area contributed by atoms with Gasteiger partial charge in [0.25, 0.3) is 0 Å². The fourth-order valence-corrected chi connectivity index (χ4v) is 2.87. The molecule has 3 heteroatoms. The van der Waals surface area contributed by atoms with E-state index in [-0.39, 0.29) is 5.78 Å². The van der Waals surface area contributed by atoms with Crippen LogP contribution in [0.25, 0.3) is 0 Å². The fourth-order valence-electron chi connectivity index (χ4n) is 2.87. The lowest BCUT2D eigenvalue weighted by Gasteiger charge is -2.10. The first-order valence-electron chi connectivity index (χ1n) is 7.55. The highest BCUT2D eigenvalue weighted by Gasteiger charge is 2.15. The molecule has 21 heavy (non-hydrogen) atoms. The molecule has 0 bridgehead atoms. The molecular formula is C18H20N2O. The maximum atomic E-state index is 11.2. The molecule has 1 aliphatic rings. The van der Waals surface area contributed by atoms with E-state index in [0.29, 0.717) is 6.04 Å². The first-order valence-corrected chi connectivity index (χ1v) is 7.55. The predicted octanol–water partition coefficient (Wildman–Crippen LogP) is 4.56. The number of benzene rings is 1. The molecule has 3 rings (SSSR count). The van der Waals surface area contributed by atoms with Crippen LogP contribution in [0.4, 0.5) is 5.69 Å². The van der Waals surface area contributed by atoms with E-state index in [2.05, 4.69) is 28.0 Å². The van der Waals surface area contributed by atoms with Gasteiger partial charge in [0.05, 0.1) is 5.69 Å². The summed E-state index contributed by atoms with van der Waals surface area (Å²) in [6.45, 7) is 1.57. The Morgan fingerprint density at radius 2 is 1.90 bits per heavy atom. The summed E-state index contributed by atoms with van der Waals surface area (Å²) in [5, 5.41) is 0. The van der Waals surface area contributed by atoms with Crippen LogP contribution >= 0.6 is 0 Å². The zero-order valence-electron chi connectivity index (χ0n) is 12.3. The Balaban J connectivity index is 1.69. The maximum Gasteiger partial charge on any atom is 0.159 e. The monoisotopic (exact) mass is 280 g/mol. The number of rotatable bonds is 4. The Hall–Kier alpha value is -2.16. The third-order valence-corrected chi connectivity index (χ3v) is 4.12. The zero-order valence-corrected chi connectivity index (χ0v) is 12.3. The molecule has 2 aromatic rings. The summed E-state index contributed by atoms with van der Waals surface area (Å²) in [6.07, 6.45) is 11.5. The van der Waals surface area contributed by atoms with Crippen molar-refractivity contribution in [3.05, 3.63) is 53.9 Å². The van der Waals surface area contributed by atoms with E-state index < -0.39 is 0 Å². The number of aliphatic imine (C=N–C) groups is 1. The summed E-state index contributed by atoms with van der Waals surface area (Å²) in [7, 11) is 0. The lowest BCUT2D eigenvalue weighted by atomic mass is 10.1. The van der Waals surface area contributed by atoms with Gasteiger partial charge in [-0.15, -0.1) is 0 Å². The molecule has 1 aromatic heterocycles. The van der Waals surface area contributed by atoms with Crippen molar-refractivity contribution in [1.29, 1.82) is 0 Å². The topological polar surface area (TPSA) is 34.4 Å². The number of hydrogen-bond donors (Lipinski definition) is 0. The predicted molar refractivity (Wildman–Crippen MR) is 85.6 cm³/mol. The molecule has 1 saturated carbocycles. The van der Waals surface area contributed by atoms with Gasteiger partial charge in [0.1, 0.15) is 0 Å². The molecule has 1 heterocycles. The van der Waals surface area contributed by atoms with Crippen LogP contribution in [0.2, 0.25) is 0 Å². The van der Waals surface area contributed by atoms with Gasteiger partial charge in [-0.1, -0.05) is 12.8 Å². The van der Waals surface area contributed by atoms with E-state index in [9.17, 15) is 4.79 Å². The van der Waals surface area contributed by atoms with Crippen molar-refractivity contribution in [3.63, 3.8) is 0 Å². The summed E-state index contributed by atoms with van der Waals surface area (Å²) in [6, 6.07) is 10.2. The summed E-state index contributed by atoms with van der Waals surface area (Å²) < 4.78 is 2.31. The quantitative estimate of drug-likeness (QED) is 0.597. The molecule has 0 unspecified atom stereocenters. The first kappa shape index (κ1) is 13.8. The van der Waals surface area contributed by atoms with Gasteiger partial charge in [-0.25, -0.2) is 0 Å². The van der Waals surface area contributed by atoms with Crippen molar-refractivity contribution in [3.8, 4) is 0 Å². The van der Waals surface area contributed by atoms with Gasteiger partial charge in [-0.2, -0.15) is 0 Å². The molecule has 0 radical (unpaired) electrons. The normalized spacial score (nSPS) is 15.9. The number of aromatic nitrogens is 1. The van der Waals surface area contributed by atoms with Crippen molar-refractivity contribution < 1.29 is 4.79 Å². The number of carbonyl (C=O) groups is 1. The van der Waals surface area contributed by atoms with Gasteiger partial charge < -0.3 is 4.57 Å². The molecule has 0 N–H and O–H groups in total. The molecule has 0 saturated heterocycles. The summed E-state index contributed by atoms with van der Waals surface area (Å²) >= 11 is 0. The summed E-state index contributed by atoms with van der Waals surface area (Å²) in [5.41, 5.74) is 2.72. The number of carbonyl (C=O) groups excluding carboxylic acids is 1. The molecule has 0 atom stereocenters. The SMILES string of the molecule is CC(=O)c1ccc(N=Cc2ccn(C3CCCC3)c2)cc1. The number of hydrogen-bond acceptors (Lipinski definition) is 2. The first-order chi connectivity index (χ1) is 10.2. The van der Waals surface area contributed by atoms with E-state index >= 15 is 0 Å². The van der Waals surface area contributed by atoms with Crippen LogP contribution in [0, 0.1) is 0 Å². The lowest BCUT2D eigenvalue weighted by Crippen LogP contribution is -2.00. The standard InChI is InChI=1S/C18H20N2O/c1-14(21)16-6-8-17(9-7-16)19-12-15-10-11-20(13-15)18-4-2-3-5-18/h6-13,18H,2-5H2,1H3. The van der Waals surface area contributed by atoms with Crippen LogP contribution < -0.4 is 0 Å². The number of ketones is 1. The van der Waals surface area contributed by atoms with E-state index in [1.165, 1.54) is 25.7 Å². The maximum absolute atomic E-state index is 11.2. The molecule has 3 nitrogen and oxygen atoms in total. The minimum absolute atomic E-state index is 0.0826. The minimum atomic E-state index is 0.0826. The van der Waals surface area contributed by atoms with Gasteiger partial charge in [0.2, 0.25) is 0 Å². The molecule has 0 amide bonds. The van der Waals surface area contributed by atoms with E-state index in [4.69, 9.17) is 0 Å². The Bertz CT molecular complexity index is 646. The Morgan fingerprint density at radius 3 is 2.57 bits per heavy atom. The lowest BCUT2D eigenvalue weighted by molar-refractivity contribution is 0.101. The van der Waals surface area contributed by atoms with Gasteiger partial charge in [-0.3, -0.25) is 9.79 Å². The number of Topliss-reactive ketones (excluding diaryl/α,β-unsaturated/α-hetero) is 1. The Kier molecular flexibility index (Phi) is 4.00. The second kappa shape index (κ2) is 6.08. The minimum Gasteiger partial charge on any atom is -0.351 e. The second-order valence-corrected chi connectivity index (χ2v) is 5.69. The molecule has 1 aromatic carbocycles. The van der Waals surface area contributed by atoms with E-state index in [1.54, 1.807) is 6.92 Å². The molecule has 0 spiro atoms. The third-order valence-electron chi connectivity index (χ3n) is 4.12. The molecule has 1 aliphatic carbocycles. The summed E-state index contributed by atoms with van der Waals surface area (Å²) in [5.74, 6) is 0.0826. The van der Waals surface area contributed by atoms with Crippen LogP contribution in [0.5, 0.6) is 0 Å². The highest BCUT2D eigenvalue weighted by Crippen LogP contribution is 2.29. The van der Waals surface area contributed by atoms with Crippen LogP contribution in [-0.4, -0.2) is 16.6 Å². The third kappa shape index (κ3) is 3.30. The van der Waals surface area contributed by atoms with Gasteiger partial charge in [0.15, 0.2) is 5.78 Å². The van der Waals surface area contributed by atoms with Crippen LogP contribution in [0.3, 0.4) is 0 Å². The van der Waals surface area contributed by atoms with Gasteiger partial charge in [0, 0.05) is 35.8 Å². The van der Waals surface area contributed by atoms with Gasteiger partial charge in [-0.05, 0) is 50.1 Å². The average Bonchev–Trinajstić information content (AvgIpc) is 3.16. The van der Waals surface area contributed by atoms with Crippen LogP contribution in [-0.2, 0) is 0 Å². The summed E-state index contributed by atoms with van der Waals surface area (Å²) in [4.78, 5) is 15.7. The average molecular weight is 280 g/mol. The zero-order chi connectivity index (χ0) is 14.7. The smallest absolute Gasteiger partial charge is 0.159 e. The van der Waals surface area contributed by atoms with Crippen molar-refractivity contribution in [2.24, 2.45) is 4.99 Å². The highest BCUT2D eigenvalue weighted by atomic mass is 16.1. The molecule has 108 valence electrons. The van der Waals surface area contributed by atoms with E-state index in [1.807, 2.05) is 30.5 Å². The highest BCUT2D eigenvalue weighted by molar-refractivity contribution is 5.94. The molecule has 1 fully saturated rings.